The van der Waals surface area contributed by atoms with E-state index in [9.17, 15) is 5.11 Å². The Morgan fingerprint density at radius 2 is 1.50 bits per heavy atom. The zero-order valence-corrected chi connectivity index (χ0v) is 16.1. The van der Waals surface area contributed by atoms with Crippen molar-refractivity contribution in [3.8, 4) is 0 Å². The van der Waals surface area contributed by atoms with Crippen LogP contribution in [0.1, 0.15) is 97.3 Å². The first-order valence-electron chi connectivity index (χ1n) is 10.2. The summed E-state index contributed by atoms with van der Waals surface area (Å²) in [7, 11) is 0. The Bertz CT molecular complexity index is 339. The van der Waals surface area contributed by atoms with Crippen LogP contribution in [0.3, 0.4) is 0 Å². The molecular formula is C21H40N2O. The van der Waals surface area contributed by atoms with Crippen molar-refractivity contribution in [2.45, 2.75) is 110 Å². The van der Waals surface area contributed by atoms with E-state index < -0.39 is 6.23 Å². The molecule has 140 valence electrons. The van der Waals surface area contributed by atoms with Gasteiger partial charge in [-0.2, -0.15) is 0 Å². The highest BCUT2D eigenvalue weighted by Crippen LogP contribution is 2.16. The number of unbranched alkanes of at least 4 members (excludes halogenated alkanes) is 11. The summed E-state index contributed by atoms with van der Waals surface area (Å²) in [6.45, 7) is 3.93. The molecule has 0 saturated carbocycles. The molecule has 0 aromatic carbocycles. The molecule has 3 heteroatoms. The molecule has 2 N–H and O–H groups in total. The summed E-state index contributed by atoms with van der Waals surface area (Å²) in [5, 5.41) is 13.0. The lowest BCUT2D eigenvalue weighted by Gasteiger charge is -2.28. The van der Waals surface area contributed by atoms with Gasteiger partial charge in [0.1, 0.15) is 12.4 Å². The summed E-state index contributed by atoms with van der Waals surface area (Å²) < 4.78 is 0. The van der Waals surface area contributed by atoms with Crippen molar-refractivity contribution in [1.82, 2.24) is 10.2 Å². The van der Waals surface area contributed by atoms with Crippen LogP contribution in [0.2, 0.25) is 0 Å². The minimum absolute atomic E-state index is 0.290. The average Bonchev–Trinajstić information content (AvgIpc) is 3.04. The van der Waals surface area contributed by atoms with Gasteiger partial charge in [0.25, 0.3) is 0 Å². The molecule has 24 heavy (non-hydrogen) atoms. The minimum Gasteiger partial charge on any atom is -0.374 e. The molecule has 2 atom stereocenters. The van der Waals surface area contributed by atoms with Crippen molar-refractivity contribution in [2.24, 2.45) is 0 Å². The molecule has 0 saturated heterocycles. The van der Waals surface area contributed by atoms with E-state index in [0.29, 0.717) is 0 Å². The van der Waals surface area contributed by atoms with E-state index in [0.717, 1.165) is 6.42 Å². The second-order valence-corrected chi connectivity index (χ2v) is 7.11. The smallest absolute Gasteiger partial charge is 0.125 e. The van der Waals surface area contributed by atoms with E-state index in [1.807, 2.05) is 24.2 Å². The zero-order valence-electron chi connectivity index (χ0n) is 16.1. The van der Waals surface area contributed by atoms with Crippen LogP contribution in [0, 0.1) is 0 Å². The predicted molar refractivity (Wildman–Crippen MR) is 104 cm³/mol. The maximum atomic E-state index is 9.67. The van der Waals surface area contributed by atoms with Crippen molar-refractivity contribution in [1.29, 1.82) is 0 Å². The van der Waals surface area contributed by atoms with Gasteiger partial charge in [-0.25, -0.2) is 0 Å². The molecule has 0 amide bonds. The lowest BCUT2D eigenvalue weighted by atomic mass is 10.0. The number of nitrogens with zero attached hydrogens (tertiary/aromatic N) is 1. The highest BCUT2D eigenvalue weighted by molar-refractivity contribution is 4.94. The molecule has 2 unspecified atom stereocenters. The number of hydrogen-bond acceptors (Lipinski definition) is 3. The SMILES string of the molecule is C/C=C/CCCCCCCCCCCCCC1NC=CN1C(C)O. The molecule has 0 spiro atoms. The maximum absolute atomic E-state index is 9.67. The number of rotatable bonds is 15. The van der Waals surface area contributed by atoms with Crippen molar-refractivity contribution in [2.75, 3.05) is 0 Å². The molecule has 0 aromatic rings. The Balaban J connectivity index is 1.79. The first kappa shape index (κ1) is 21.1. The topological polar surface area (TPSA) is 35.5 Å². The van der Waals surface area contributed by atoms with E-state index in [-0.39, 0.29) is 6.17 Å². The van der Waals surface area contributed by atoms with Crippen molar-refractivity contribution < 1.29 is 5.11 Å². The lowest BCUT2D eigenvalue weighted by molar-refractivity contribution is 0.0254. The van der Waals surface area contributed by atoms with Gasteiger partial charge in [0.2, 0.25) is 0 Å². The monoisotopic (exact) mass is 336 g/mol. The van der Waals surface area contributed by atoms with E-state index >= 15 is 0 Å². The maximum Gasteiger partial charge on any atom is 0.125 e. The standard InChI is InChI=1S/C21H40N2O/c1-3-4-5-6-7-8-9-10-11-12-13-14-15-16-17-21-22-18-19-23(21)20(2)24/h3-4,18-22,24H,5-17H2,1-2H3/b4-3+. The quantitative estimate of drug-likeness (QED) is 0.298. The van der Waals surface area contributed by atoms with Crippen molar-refractivity contribution in [3.63, 3.8) is 0 Å². The molecule has 0 fully saturated rings. The minimum atomic E-state index is -0.399. The van der Waals surface area contributed by atoms with Gasteiger partial charge in [0, 0.05) is 12.4 Å². The van der Waals surface area contributed by atoms with Crippen LogP contribution in [0.25, 0.3) is 0 Å². The first-order valence-corrected chi connectivity index (χ1v) is 10.2. The van der Waals surface area contributed by atoms with Gasteiger partial charge in [0.05, 0.1) is 0 Å². The van der Waals surface area contributed by atoms with Crippen LogP contribution < -0.4 is 5.32 Å². The second-order valence-electron chi connectivity index (χ2n) is 7.11. The third-order valence-corrected chi connectivity index (χ3v) is 4.91. The first-order chi connectivity index (χ1) is 11.8. The predicted octanol–water partition coefficient (Wildman–Crippen LogP) is 5.67. The van der Waals surface area contributed by atoms with Gasteiger partial charge in [-0.1, -0.05) is 69.9 Å². The molecule has 0 radical (unpaired) electrons. The summed E-state index contributed by atoms with van der Waals surface area (Å²) in [6, 6.07) is 0. The number of allylic oxidation sites excluding steroid dienone is 2. The fraction of sp³-hybridized carbons (Fsp3) is 0.810. The van der Waals surface area contributed by atoms with Gasteiger partial charge in [-0.3, -0.25) is 0 Å². The fourth-order valence-electron chi connectivity index (χ4n) is 3.41. The highest BCUT2D eigenvalue weighted by Gasteiger charge is 2.20. The number of aliphatic hydroxyl groups is 1. The Hall–Kier alpha value is -0.960. The Morgan fingerprint density at radius 3 is 2.04 bits per heavy atom. The van der Waals surface area contributed by atoms with Gasteiger partial charge >= 0.3 is 0 Å². The van der Waals surface area contributed by atoms with E-state index in [4.69, 9.17) is 0 Å². The Kier molecular flexibility index (Phi) is 12.6. The van der Waals surface area contributed by atoms with E-state index in [1.165, 1.54) is 77.0 Å². The molecule has 0 bridgehead atoms. The molecule has 1 heterocycles. The summed E-state index contributed by atoms with van der Waals surface area (Å²) in [6.07, 6.45) is 25.8. The van der Waals surface area contributed by atoms with Crippen LogP contribution in [0.5, 0.6) is 0 Å². The van der Waals surface area contributed by atoms with Crippen molar-refractivity contribution in [3.05, 3.63) is 24.6 Å². The van der Waals surface area contributed by atoms with Gasteiger partial charge in [0.15, 0.2) is 0 Å². The van der Waals surface area contributed by atoms with Crippen LogP contribution in [-0.4, -0.2) is 22.4 Å². The Labute approximate surface area is 150 Å². The van der Waals surface area contributed by atoms with Crippen LogP contribution in [-0.2, 0) is 0 Å². The largest absolute Gasteiger partial charge is 0.374 e. The Morgan fingerprint density at radius 1 is 0.958 bits per heavy atom. The number of aliphatic hydroxyl groups excluding tert-OH is 1. The van der Waals surface area contributed by atoms with Gasteiger partial charge < -0.3 is 15.3 Å². The summed E-state index contributed by atoms with van der Waals surface area (Å²) in [5.41, 5.74) is 0. The van der Waals surface area contributed by atoms with Crippen LogP contribution >= 0.6 is 0 Å². The molecule has 1 aliphatic rings. The second kappa shape index (κ2) is 14.4. The van der Waals surface area contributed by atoms with E-state index in [1.54, 1.807) is 0 Å². The van der Waals surface area contributed by atoms with Crippen molar-refractivity contribution >= 4 is 0 Å². The number of hydrogen-bond donors (Lipinski definition) is 2. The highest BCUT2D eigenvalue weighted by atomic mass is 16.3. The average molecular weight is 337 g/mol. The van der Waals surface area contributed by atoms with Gasteiger partial charge in [-0.05, 0) is 39.5 Å². The molecule has 1 rings (SSSR count). The van der Waals surface area contributed by atoms with Crippen LogP contribution in [0.15, 0.2) is 24.6 Å². The van der Waals surface area contributed by atoms with Crippen LogP contribution in [0.4, 0.5) is 0 Å². The van der Waals surface area contributed by atoms with E-state index in [2.05, 4.69) is 24.4 Å². The number of nitrogens with one attached hydrogen (secondary N) is 1. The third kappa shape index (κ3) is 10.0. The normalized spacial score (nSPS) is 18.5. The molecule has 3 nitrogen and oxygen atoms in total. The summed E-state index contributed by atoms with van der Waals surface area (Å²) in [4.78, 5) is 2.00. The molecule has 0 aromatic heterocycles. The summed E-state index contributed by atoms with van der Waals surface area (Å²) >= 11 is 0. The third-order valence-electron chi connectivity index (χ3n) is 4.91. The lowest BCUT2D eigenvalue weighted by Crippen LogP contribution is -2.40. The molecule has 0 aliphatic carbocycles. The zero-order chi connectivity index (χ0) is 17.5. The summed E-state index contributed by atoms with van der Waals surface area (Å²) in [5.74, 6) is 0. The fourth-order valence-corrected chi connectivity index (χ4v) is 3.41. The van der Waals surface area contributed by atoms with Gasteiger partial charge in [-0.15, -0.1) is 0 Å². The molecule has 1 aliphatic heterocycles. The molecular weight excluding hydrogens is 296 g/mol.